The van der Waals surface area contributed by atoms with Gasteiger partial charge in [-0.2, -0.15) is 21.6 Å². The Morgan fingerprint density at radius 2 is 1.71 bits per heavy atom. The summed E-state index contributed by atoms with van der Waals surface area (Å²) in [6, 6.07) is 9.59. The molecule has 172 valence electrons. The third-order valence-corrected chi connectivity index (χ3v) is 10.2. The lowest BCUT2D eigenvalue weighted by Gasteiger charge is -2.35. The highest BCUT2D eigenvalue weighted by atomic mass is 32.3. The Labute approximate surface area is 180 Å². The number of hydrogen-bond donors (Lipinski definition) is 0. The molecule has 0 aromatic heterocycles. The van der Waals surface area contributed by atoms with Gasteiger partial charge in [0.25, 0.3) is 0 Å². The molecule has 1 aliphatic heterocycles. The number of rotatable bonds is 7. The summed E-state index contributed by atoms with van der Waals surface area (Å²) in [6.07, 6.45) is 1.76. The van der Waals surface area contributed by atoms with Gasteiger partial charge in [0.1, 0.15) is 5.75 Å². The minimum absolute atomic E-state index is 0.173. The third kappa shape index (κ3) is 5.09. The van der Waals surface area contributed by atoms with Gasteiger partial charge < -0.3 is 9.47 Å². The summed E-state index contributed by atoms with van der Waals surface area (Å²) in [6.45, 7) is 2.16. The Morgan fingerprint density at radius 1 is 1.06 bits per heavy atom. The van der Waals surface area contributed by atoms with E-state index in [0.29, 0.717) is 34.9 Å². The molecule has 0 spiro atoms. The van der Waals surface area contributed by atoms with Crippen LogP contribution < -0.4 is 4.74 Å². The van der Waals surface area contributed by atoms with Crippen molar-refractivity contribution in [1.29, 1.82) is 0 Å². The average Bonchev–Trinajstić information content (AvgIpc) is 3.16. The molecule has 0 atom stereocenters. The van der Waals surface area contributed by atoms with Gasteiger partial charge in [-0.3, -0.25) is 0 Å². The Hall–Kier alpha value is -1.98. The molecule has 1 heterocycles. The van der Waals surface area contributed by atoms with Crippen LogP contribution in [0.2, 0.25) is 0 Å². The summed E-state index contributed by atoms with van der Waals surface area (Å²) in [5, 5.41) is 0.940. The van der Waals surface area contributed by atoms with Crippen LogP contribution in [-0.2, 0) is 18.5 Å². The second kappa shape index (κ2) is 9.25. The monoisotopic (exact) mass is 480 g/mol. The maximum absolute atomic E-state index is 13.1. The molecular weight excluding hydrogens is 457 g/mol. The maximum atomic E-state index is 13.1. The first-order valence-corrected chi connectivity index (χ1v) is 13.1. The first-order valence-electron chi connectivity index (χ1n) is 9.77. The molecule has 0 aliphatic carbocycles. The summed E-state index contributed by atoms with van der Waals surface area (Å²) in [5.41, 5.74) is -5.50. The van der Waals surface area contributed by atoms with Gasteiger partial charge in [-0.05, 0) is 36.8 Å². The van der Waals surface area contributed by atoms with E-state index < -0.39 is 32.1 Å². The summed E-state index contributed by atoms with van der Waals surface area (Å²) >= 11 is 0. The highest BCUT2D eigenvalue weighted by Gasteiger charge is 2.52. The largest absolute Gasteiger partial charge is 0.523 e. The number of carbonyl (C=O) groups excluding carboxylic acids is 1. The number of fused-ring (bicyclic) bond motifs is 1. The number of benzene rings is 2. The van der Waals surface area contributed by atoms with Gasteiger partial charge >= 0.3 is 21.8 Å². The normalized spacial score (nSPS) is 17.4. The molecule has 1 fully saturated rings. The molecule has 2 aromatic carbocycles. The van der Waals surface area contributed by atoms with E-state index in [-0.39, 0.29) is 23.9 Å². The summed E-state index contributed by atoms with van der Waals surface area (Å²) in [5.74, 6) is 0.573. The zero-order valence-corrected chi connectivity index (χ0v) is 18.4. The predicted molar refractivity (Wildman–Crippen MR) is 112 cm³/mol. The van der Waals surface area contributed by atoms with E-state index in [1.807, 2.05) is 6.92 Å². The average molecular weight is 481 g/mol. The number of carbonyl (C=O) groups is 1. The fourth-order valence-electron chi connectivity index (χ4n) is 3.39. The predicted octanol–water partition coefficient (Wildman–Crippen LogP) is 5.89. The van der Waals surface area contributed by atoms with Crippen LogP contribution in [0.5, 0.6) is 5.75 Å². The van der Waals surface area contributed by atoms with Crippen molar-refractivity contribution in [1.82, 2.24) is 0 Å². The van der Waals surface area contributed by atoms with Crippen molar-refractivity contribution in [3.8, 4) is 5.75 Å². The van der Waals surface area contributed by atoms with Crippen molar-refractivity contribution in [3.05, 3.63) is 36.4 Å². The number of ether oxygens (including phenoxy) is 2. The fourth-order valence-corrected chi connectivity index (χ4v) is 8.80. The molecule has 0 N–H and O–H groups in total. The van der Waals surface area contributed by atoms with Crippen LogP contribution in [0.4, 0.5) is 18.0 Å². The molecule has 31 heavy (non-hydrogen) atoms. The van der Waals surface area contributed by atoms with Gasteiger partial charge in [0, 0.05) is 21.8 Å². The highest BCUT2D eigenvalue weighted by Crippen LogP contribution is 2.65. The fraction of sp³-hybridized carbons (Fsp3) is 0.450. The first kappa shape index (κ1) is 23.7. The van der Waals surface area contributed by atoms with Crippen LogP contribution >= 0.6 is 10.3 Å². The zero-order chi connectivity index (χ0) is 22.7. The molecular formula is C20H23F3O6S2. The van der Waals surface area contributed by atoms with E-state index in [1.54, 1.807) is 30.3 Å². The molecule has 0 radical (unpaired) electrons. The number of halogens is 3. The second-order valence-electron chi connectivity index (χ2n) is 7.06. The van der Waals surface area contributed by atoms with Crippen LogP contribution in [0, 0.1) is 0 Å². The molecule has 0 unspecified atom stereocenters. The zero-order valence-electron chi connectivity index (χ0n) is 16.8. The van der Waals surface area contributed by atoms with E-state index in [0.717, 1.165) is 6.42 Å². The van der Waals surface area contributed by atoms with Crippen LogP contribution in [-0.4, -0.2) is 38.2 Å². The van der Waals surface area contributed by atoms with Gasteiger partial charge in [-0.15, -0.1) is 0 Å². The lowest BCUT2D eigenvalue weighted by atomic mass is 10.1. The SMILES string of the molecule is CCCCOC(=O)Oc1cccc2c(S3(OS(=O)(=O)C(F)(F)F)CCCC3)cccc12. The van der Waals surface area contributed by atoms with Gasteiger partial charge in [0.15, 0.2) is 0 Å². The van der Waals surface area contributed by atoms with Crippen molar-refractivity contribution in [2.24, 2.45) is 0 Å². The number of hydrogen-bond acceptors (Lipinski definition) is 6. The molecule has 2 aromatic rings. The molecule has 11 heteroatoms. The van der Waals surface area contributed by atoms with E-state index >= 15 is 0 Å². The van der Waals surface area contributed by atoms with Crippen molar-refractivity contribution >= 4 is 37.4 Å². The van der Waals surface area contributed by atoms with E-state index in [2.05, 4.69) is 0 Å². The molecule has 1 aliphatic rings. The molecule has 0 saturated carbocycles. The topological polar surface area (TPSA) is 78.9 Å². The lowest BCUT2D eigenvalue weighted by Crippen LogP contribution is -2.27. The minimum atomic E-state index is -5.77. The van der Waals surface area contributed by atoms with Crippen molar-refractivity contribution in [3.63, 3.8) is 0 Å². The van der Waals surface area contributed by atoms with Crippen molar-refractivity contribution in [2.45, 2.75) is 43.0 Å². The quantitative estimate of drug-likeness (QED) is 0.213. The third-order valence-electron chi connectivity index (χ3n) is 4.86. The maximum Gasteiger partial charge on any atom is 0.523 e. The highest BCUT2D eigenvalue weighted by molar-refractivity contribution is 8.33. The van der Waals surface area contributed by atoms with E-state index in [1.165, 1.54) is 6.07 Å². The Morgan fingerprint density at radius 3 is 2.35 bits per heavy atom. The summed E-state index contributed by atoms with van der Waals surface area (Å²) in [4.78, 5) is 12.4. The first-order chi connectivity index (χ1) is 14.6. The van der Waals surface area contributed by atoms with Gasteiger partial charge in [-0.1, -0.05) is 47.9 Å². The number of unbranched alkanes of at least 4 members (excludes halogenated alkanes) is 1. The van der Waals surface area contributed by atoms with Gasteiger partial charge in [0.05, 0.1) is 6.61 Å². The Bertz CT molecular complexity index is 1050. The summed E-state index contributed by atoms with van der Waals surface area (Å²) in [7, 11) is -8.52. The lowest BCUT2D eigenvalue weighted by molar-refractivity contribution is -0.0496. The standard InChI is InChI=1S/C20H23F3O6S2/c1-2-3-12-27-19(24)28-17-10-6-9-16-15(17)8-7-11-18(16)30(13-4-5-14-30)29-31(25,26)20(21,22)23/h6-11H,2-5,12-14H2,1H3. The molecule has 6 nitrogen and oxygen atoms in total. The molecule has 0 bridgehead atoms. The second-order valence-corrected chi connectivity index (χ2v) is 11.9. The van der Waals surface area contributed by atoms with Crippen LogP contribution in [0.1, 0.15) is 32.6 Å². The molecule has 0 amide bonds. The molecule has 3 rings (SSSR count). The Kier molecular flexibility index (Phi) is 7.07. The summed E-state index contributed by atoms with van der Waals surface area (Å²) < 4.78 is 78.1. The van der Waals surface area contributed by atoms with E-state index in [4.69, 9.17) is 13.1 Å². The van der Waals surface area contributed by atoms with Gasteiger partial charge in [0.2, 0.25) is 0 Å². The van der Waals surface area contributed by atoms with Crippen LogP contribution in [0.15, 0.2) is 41.3 Å². The van der Waals surface area contributed by atoms with Gasteiger partial charge in [-0.25, -0.2) is 8.42 Å². The number of alkyl halides is 3. The molecule has 1 saturated heterocycles. The smallest absolute Gasteiger partial charge is 0.434 e. The van der Waals surface area contributed by atoms with Crippen LogP contribution in [0.3, 0.4) is 0 Å². The van der Waals surface area contributed by atoms with Crippen LogP contribution in [0.25, 0.3) is 10.8 Å². The van der Waals surface area contributed by atoms with Crippen molar-refractivity contribution < 1.29 is 39.5 Å². The Balaban J connectivity index is 2.01. The van der Waals surface area contributed by atoms with Crippen molar-refractivity contribution in [2.75, 3.05) is 18.1 Å². The minimum Gasteiger partial charge on any atom is -0.434 e. The van der Waals surface area contributed by atoms with E-state index in [9.17, 15) is 26.4 Å².